The lowest BCUT2D eigenvalue weighted by molar-refractivity contribution is -0.120. The Bertz CT molecular complexity index is 436. The minimum atomic E-state index is 0. The number of nitrogens with one attached hydrogen (secondary N) is 2. The smallest absolute Gasteiger partial charge is 0.227 e. The molecule has 21 heavy (non-hydrogen) atoms. The minimum absolute atomic E-state index is 0. The summed E-state index contributed by atoms with van der Waals surface area (Å²) in [7, 11) is 0. The lowest BCUT2D eigenvalue weighted by Crippen LogP contribution is -2.40. The number of amides is 1. The number of rotatable bonds is 5. The number of anilines is 1. The van der Waals surface area contributed by atoms with Crippen molar-refractivity contribution in [2.24, 2.45) is 5.92 Å². The first-order valence-corrected chi connectivity index (χ1v) is 7.46. The van der Waals surface area contributed by atoms with Crippen molar-refractivity contribution < 1.29 is 9.53 Å². The average molecular weight is 313 g/mol. The summed E-state index contributed by atoms with van der Waals surface area (Å²) in [6, 6.07) is 8.01. The summed E-state index contributed by atoms with van der Waals surface area (Å²) >= 11 is 0. The van der Waals surface area contributed by atoms with Crippen LogP contribution in [0.15, 0.2) is 24.3 Å². The van der Waals surface area contributed by atoms with Crippen molar-refractivity contribution in [2.75, 3.05) is 18.5 Å². The van der Waals surface area contributed by atoms with Gasteiger partial charge < -0.3 is 15.4 Å². The van der Waals surface area contributed by atoms with Gasteiger partial charge in [-0.05, 0) is 57.0 Å². The number of ether oxygens (including phenoxy) is 1. The molecule has 0 saturated carbocycles. The Morgan fingerprint density at radius 2 is 2.10 bits per heavy atom. The van der Waals surface area contributed by atoms with E-state index in [0.717, 1.165) is 43.9 Å². The molecule has 0 aromatic heterocycles. The highest BCUT2D eigenvalue weighted by Crippen LogP contribution is 2.20. The highest BCUT2D eigenvalue weighted by molar-refractivity contribution is 5.92. The molecule has 1 saturated heterocycles. The molecule has 1 aliphatic heterocycles. The largest absolute Gasteiger partial charge is 0.494 e. The molecule has 2 N–H and O–H groups in total. The molecule has 0 radical (unpaired) electrons. The van der Waals surface area contributed by atoms with Gasteiger partial charge in [-0.2, -0.15) is 0 Å². The number of halogens is 1. The van der Waals surface area contributed by atoms with Crippen LogP contribution in [0, 0.1) is 5.92 Å². The molecule has 1 aromatic carbocycles. The van der Waals surface area contributed by atoms with Gasteiger partial charge in [-0.1, -0.05) is 6.92 Å². The Hall–Kier alpha value is -1.26. The molecule has 0 spiro atoms. The average Bonchev–Trinajstić information content (AvgIpc) is 2.46. The Balaban J connectivity index is 0.00000220. The molecule has 2 rings (SSSR count). The fourth-order valence-corrected chi connectivity index (χ4v) is 2.47. The molecule has 5 heteroatoms. The predicted molar refractivity (Wildman–Crippen MR) is 88.3 cm³/mol. The van der Waals surface area contributed by atoms with Crippen molar-refractivity contribution in [3.8, 4) is 5.75 Å². The van der Waals surface area contributed by atoms with Crippen LogP contribution in [-0.4, -0.2) is 25.1 Å². The van der Waals surface area contributed by atoms with E-state index >= 15 is 0 Å². The second kappa shape index (κ2) is 8.90. The summed E-state index contributed by atoms with van der Waals surface area (Å²) < 4.78 is 5.52. The molecule has 0 bridgehead atoms. The zero-order valence-electron chi connectivity index (χ0n) is 12.7. The van der Waals surface area contributed by atoms with Crippen LogP contribution in [0.2, 0.25) is 0 Å². The summed E-state index contributed by atoms with van der Waals surface area (Å²) in [6.07, 6.45) is 2.81. The van der Waals surface area contributed by atoms with E-state index in [1.165, 1.54) is 0 Å². The number of hydrogen-bond acceptors (Lipinski definition) is 3. The molecule has 1 heterocycles. The van der Waals surface area contributed by atoms with Gasteiger partial charge in [0.2, 0.25) is 5.91 Å². The van der Waals surface area contributed by atoms with Crippen molar-refractivity contribution in [1.82, 2.24) is 5.32 Å². The van der Waals surface area contributed by atoms with Crippen LogP contribution in [-0.2, 0) is 4.79 Å². The maximum absolute atomic E-state index is 12.2. The van der Waals surface area contributed by atoms with Gasteiger partial charge in [0.05, 0.1) is 6.61 Å². The van der Waals surface area contributed by atoms with Crippen molar-refractivity contribution in [2.45, 2.75) is 39.2 Å². The van der Waals surface area contributed by atoms with E-state index in [0.29, 0.717) is 6.04 Å². The van der Waals surface area contributed by atoms with E-state index < -0.39 is 0 Å². The molecule has 1 fully saturated rings. The lowest BCUT2D eigenvalue weighted by Gasteiger charge is -2.27. The van der Waals surface area contributed by atoms with E-state index in [2.05, 4.69) is 24.5 Å². The van der Waals surface area contributed by atoms with E-state index in [4.69, 9.17) is 4.74 Å². The summed E-state index contributed by atoms with van der Waals surface area (Å²) in [4.78, 5) is 12.2. The number of carbonyl (C=O) groups is 1. The maximum Gasteiger partial charge on any atom is 0.227 e. The SMILES string of the molecule is CCCOc1ccc(NC(=O)[C@H]2CCN[C@@H](C)C2)cc1.Cl. The molecule has 1 amide bonds. The number of piperidine rings is 1. The molecule has 0 aliphatic carbocycles. The van der Waals surface area contributed by atoms with E-state index in [1.54, 1.807) is 0 Å². The standard InChI is InChI=1S/C16H24N2O2.ClH/c1-3-10-20-15-6-4-14(5-7-15)18-16(19)13-8-9-17-12(2)11-13;/h4-7,12-13,17H,3,8-11H2,1-2H3,(H,18,19);1H/t12-,13-;/m0./s1. The second-order valence-corrected chi connectivity index (χ2v) is 5.44. The third kappa shape index (κ3) is 5.56. The highest BCUT2D eigenvalue weighted by atomic mass is 35.5. The Morgan fingerprint density at radius 3 is 2.71 bits per heavy atom. The number of carbonyl (C=O) groups excluding carboxylic acids is 1. The number of hydrogen-bond donors (Lipinski definition) is 2. The molecular formula is C16H25ClN2O2. The highest BCUT2D eigenvalue weighted by Gasteiger charge is 2.24. The maximum atomic E-state index is 12.2. The van der Waals surface area contributed by atoms with Crippen LogP contribution in [0.25, 0.3) is 0 Å². The summed E-state index contributed by atoms with van der Waals surface area (Å²) in [5.41, 5.74) is 0.838. The van der Waals surface area contributed by atoms with Crippen molar-refractivity contribution in [3.63, 3.8) is 0 Å². The molecular weight excluding hydrogens is 288 g/mol. The first-order chi connectivity index (χ1) is 9.69. The van der Waals surface area contributed by atoms with Crippen molar-refractivity contribution in [3.05, 3.63) is 24.3 Å². The third-order valence-corrected chi connectivity index (χ3v) is 3.59. The molecule has 1 aromatic rings. The quantitative estimate of drug-likeness (QED) is 0.877. The van der Waals surface area contributed by atoms with Crippen LogP contribution in [0.1, 0.15) is 33.1 Å². The van der Waals surface area contributed by atoms with Crippen LogP contribution < -0.4 is 15.4 Å². The van der Waals surface area contributed by atoms with Crippen LogP contribution in [0.4, 0.5) is 5.69 Å². The number of benzene rings is 1. The fourth-order valence-electron chi connectivity index (χ4n) is 2.47. The van der Waals surface area contributed by atoms with Crippen LogP contribution in [0.3, 0.4) is 0 Å². The van der Waals surface area contributed by atoms with Gasteiger partial charge in [-0.25, -0.2) is 0 Å². The Labute approximate surface area is 133 Å². The summed E-state index contributed by atoms with van der Waals surface area (Å²) in [5, 5.41) is 6.35. The van der Waals surface area contributed by atoms with E-state index in [1.807, 2.05) is 24.3 Å². The van der Waals surface area contributed by atoms with Gasteiger partial charge in [0, 0.05) is 17.6 Å². The second-order valence-electron chi connectivity index (χ2n) is 5.44. The predicted octanol–water partition coefficient (Wildman–Crippen LogP) is 3.22. The normalized spacial score (nSPS) is 21.2. The zero-order valence-corrected chi connectivity index (χ0v) is 13.5. The topological polar surface area (TPSA) is 50.4 Å². The first-order valence-electron chi connectivity index (χ1n) is 7.46. The Kier molecular flexibility index (Phi) is 7.54. The monoisotopic (exact) mass is 312 g/mol. The van der Waals surface area contributed by atoms with Gasteiger partial charge in [0.15, 0.2) is 0 Å². The fraction of sp³-hybridized carbons (Fsp3) is 0.562. The van der Waals surface area contributed by atoms with Crippen molar-refractivity contribution >= 4 is 24.0 Å². The molecule has 1 aliphatic rings. The third-order valence-electron chi connectivity index (χ3n) is 3.59. The molecule has 118 valence electrons. The van der Waals surface area contributed by atoms with E-state index in [9.17, 15) is 4.79 Å². The van der Waals surface area contributed by atoms with Crippen LogP contribution in [0.5, 0.6) is 5.75 Å². The first kappa shape index (κ1) is 17.8. The minimum Gasteiger partial charge on any atom is -0.494 e. The van der Waals surface area contributed by atoms with Crippen molar-refractivity contribution in [1.29, 1.82) is 0 Å². The van der Waals surface area contributed by atoms with Gasteiger partial charge in [-0.3, -0.25) is 4.79 Å². The van der Waals surface area contributed by atoms with E-state index in [-0.39, 0.29) is 24.2 Å². The molecule has 0 unspecified atom stereocenters. The van der Waals surface area contributed by atoms with Gasteiger partial charge in [-0.15, -0.1) is 12.4 Å². The van der Waals surface area contributed by atoms with Gasteiger partial charge in [0.25, 0.3) is 0 Å². The van der Waals surface area contributed by atoms with Gasteiger partial charge >= 0.3 is 0 Å². The van der Waals surface area contributed by atoms with Crippen LogP contribution >= 0.6 is 12.4 Å². The molecule has 4 nitrogen and oxygen atoms in total. The summed E-state index contributed by atoms with van der Waals surface area (Å²) in [6.45, 7) is 5.84. The molecule has 2 atom stereocenters. The lowest BCUT2D eigenvalue weighted by atomic mass is 9.92. The summed E-state index contributed by atoms with van der Waals surface area (Å²) in [5.74, 6) is 1.09. The Morgan fingerprint density at radius 1 is 1.38 bits per heavy atom. The zero-order chi connectivity index (χ0) is 14.4. The van der Waals surface area contributed by atoms with Gasteiger partial charge in [0.1, 0.15) is 5.75 Å².